The van der Waals surface area contributed by atoms with Crippen LogP contribution in [0, 0.1) is 0 Å². The zero-order valence-corrected chi connectivity index (χ0v) is 21.3. The van der Waals surface area contributed by atoms with Gasteiger partial charge in [-0.3, -0.25) is 24.2 Å². The highest BCUT2D eigenvalue weighted by Gasteiger charge is 2.39. The van der Waals surface area contributed by atoms with Gasteiger partial charge in [0.05, 0.1) is 12.5 Å². The third-order valence-corrected chi connectivity index (χ3v) is 6.13. The first kappa shape index (κ1) is 30.8. The van der Waals surface area contributed by atoms with Crippen molar-refractivity contribution in [2.24, 2.45) is 22.2 Å². The number of nitrogens with zero attached hydrogens (tertiary/aromatic N) is 2. The molecule has 214 valence electrons. The number of nitrogens with one attached hydrogen (secondary N) is 2. The van der Waals surface area contributed by atoms with Crippen molar-refractivity contribution in [1.82, 2.24) is 15.5 Å². The van der Waals surface area contributed by atoms with Crippen molar-refractivity contribution in [1.29, 1.82) is 0 Å². The fourth-order valence-electron chi connectivity index (χ4n) is 4.14. The predicted octanol–water partition coefficient (Wildman–Crippen LogP) is -2.16. The molecule has 2 rings (SSSR count). The first-order valence-electron chi connectivity index (χ1n) is 12.3. The Morgan fingerprint density at radius 2 is 1.72 bits per heavy atom. The molecule has 0 aromatic heterocycles. The summed E-state index contributed by atoms with van der Waals surface area (Å²) < 4.78 is 0. The molecule has 11 N–H and O–H groups in total. The number of hydrogen-bond acceptors (Lipinski definition) is 8. The lowest BCUT2D eigenvalue weighted by Gasteiger charge is -2.30. The number of carboxylic acid groups (broad SMARTS) is 2. The molecular formula is C24H35N7O8. The Kier molecular flexibility index (Phi) is 11.5. The quantitative estimate of drug-likeness (QED) is 0.0703. The topological polar surface area (TPSA) is 264 Å². The van der Waals surface area contributed by atoms with Crippen molar-refractivity contribution in [3.8, 4) is 5.75 Å². The molecule has 1 saturated heterocycles. The van der Waals surface area contributed by atoms with Crippen molar-refractivity contribution in [3.05, 3.63) is 29.8 Å². The molecule has 4 unspecified atom stereocenters. The third kappa shape index (κ3) is 9.77. The van der Waals surface area contributed by atoms with Crippen LogP contribution in [0.1, 0.15) is 37.7 Å². The van der Waals surface area contributed by atoms with E-state index in [1.54, 1.807) is 12.1 Å². The Morgan fingerprint density at radius 1 is 1.05 bits per heavy atom. The van der Waals surface area contributed by atoms with E-state index in [9.17, 15) is 34.2 Å². The van der Waals surface area contributed by atoms with Crippen molar-refractivity contribution < 1.29 is 39.3 Å². The number of carbonyl (C=O) groups excluding carboxylic acids is 3. The molecule has 39 heavy (non-hydrogen) atoms. The van der Waals surface area contributed by atoms with Crippen LogP contribution >= 0.6 is 0 Å². The maximum Gasteiger partial charge on any atom is 0.326 e. The summed E-state index contributed by atoms with van der Waals surface area (Å²) in [6, 6.07) is 1.18. The van der Waals surface area contributed by atoms with Crippen LogP contribution in [0.5, 0.6) is 5.75 Å². The molecule has 1 heterocycles. The fourth-order valence-corrected chi connectivity index (χ4v) is 4.14. The summed E-state index contributed by atoms with van der Waals surface area (Å²) >= 11 is 0. The summed E-state index contributed by atoms with van der Waals surface area (Å²) in [5, 5.41) is 32.6. The molecule has 1 aliphatic heterocycles. The first-order valence-corrected chi connectivity index (χ1v) is 12.3. The van der Waals surface area contributed by atoms with Gasteiger partial charge in [0.1, 0.15) is 23.9 Å². The second-order valence-electron chi connectivity index (χ2n) is 9.17. The number of aliphatic carboxylic acids is 2. The molecule has 1 aromatic carbocycles. The number of rotatable bonds is 14. The van der Waals surface area contributed by atoms with Gasteiger partial charge in [0, 0.05) is 19.5 Å². The van der Waals surface area contributed by atoms with Crippen LogP contribution < -0.4 is 27.8 Å². The second-order valence-corrected chi connectivity index (χ2v) is 9.17. The second kappa shape index (κ2) is 14.5. The molecule has 15 nitrogen and oxygen atoms in total. The minimum absolute atomic E-state index is 0.0130. The number of phenols is 1. The van der Waals surface area contributed by atoms with Gasteiger partial charge in [0.25, 0.3) is 0 Å². The summed E-state index contributed by atoms with van der Waals surface area (Å²) in [6.07, 6.45) is 0.498. The Morgan fingerprint density at radius 3 is 2.31 bits per heavy atom. The largest absolute Gasteiger partial charge is 0.508 e. The number of aliphatic imine (C=N–C) groups is 1. The van der Waals surface area contributed by atoms with Gasteiger partial charge in [-0.2, -0.15) is 0 Å². The maximum absolute atomic E-state index is 13.6. The number of benzene rings is 1. The third-order valence-electron chi connectivity index (χ3n) is 6.13. The van der Waals surface area contributed by atoms with Crippen molar-refractivity contribution in [3.63, 3.8) is 0 Å². The SMILES string of the molecule is NC(N)=NCCCC(N)C(=O)NC(Cc1ccc(O)cc1)C(=O)N1CCCC1C(=O)NC(CC(=O)O)C(=O)O. The van der Waals surface area contributed by atoms with Crippen molar-refractivity contribution >= 4 is 35.6 Å². The lowest BCUT2D eigenvalue weighted by Crippen LogP contribution is -2.57. The van der Waals surface area contributed by atoms with Crippen LogP contribution in [0.15, 0.2) is 29.3 Å². The fraction of sp³-hybridized carbons (Fsp3) is 0.500. The van der Waals surface area contributed by atoms with E-state index in [1.807, 2.05) is 0 Å². The number of amides is 3. The van der Waals surface area contributed by atoms with Crippen LogP contribution in [-0.4, -0.2) is 93.1 Å². The number of phenolic OH excluding ortho intramolecular Hbond substituents is 1. The van der Waals surface area contributed by atoms with Gasteiger partial charge in [-0.15, -0.1) is 0 Å². The smallest absolute Gasteiger partial charge is 0.326 e. The van der Waals surface area contributed by atoms with E-state index < -0.39 is 60.2 Å². The number of nitrogens with two attached hydrogens (primary N) is 3. The average molecular weight is 550 g/mol. The predicted molar refractivity (Wildman–Crippen MR) is 138 cm³/mol. The lowest BCUT2D eigenvalue weighted by atomic mass is 10.0. The van der Waals surface area contributed by atoms with Gasteiger partial charge in [-0.25, -0.2) is 4.79 Å². The Hall–Kier alpha value is -4.40. The number of carboxylic acids is 2. The highest BCUT2D eigenvalue weighted by molar-refractivity contribution is 5.95. The number of hydrogen-bond donors (Lipinski definition) is 8. The van der Waals surface area contributed by atoms with Crippen LogP contribution in [0.3, 0.4) is 0 Å². The van der Waals surface area contributed by atoms with E-state index >= 15 is 0 Å². The highest BCUT2D eigenvalue weighted by Crippen LogP contribution is 2.21. The number of carbonyl (C=O) groups is 5. The molecular weight excluding hydrogens is 514 g/mol. The normalized spacial score (nSPS) is 16.9. The van der Waals surface area contributed by atoms with Crippen molar-refractivity contribution in [2.45, 2.75) is 62.7 Å². The van der Waals surface area contributed by atoms with E-state index in [-0.39, 0.29) is 44.1 Å². The van der Waals surface area contributed by atoms with E-state index in [0.29, 0.717) is 18.4 Å². The van der Waals surface area contributed by atoms with Crippen LogP contribution in [-0.2, 0) is 30.4 Å². The average Bonchev–Trinajstić information content (AvgIpc) is 3.36. The van der Waals surface area contributed by atoms with Crippen LogP contribution in [0.2, 0.25) is 0 Å². The minimum Gasteiger partial charge on any atom is -0.508 e. The van der Waals surface area contributed by atoms with Gasteiger partial charge < -0.3 is 48.1 Å². The molecule has 0 saturated carbocycles. The van der Waals surface area contributed by atoms with Gasteiger partial charge in [-0.05, 0) is 43.4 Å². The highest BCUT2D eigenvalue weighted by atomic mass is 16.4. The van der Waals surface area contributed by atoms with E-state index in [0.717, 1.165) is 0 Å². The molecule has 1 fully saturated rings. The Labute approximate surface area is 224 Å². The molecule has 1 aliphatic rings. The Balaban J connectivity index is 2.19. The van der Waals surface area contributed by atoms with Crippen LogP contribution in [0.4, 0.5) is 0 Å². The van der Waals surface area contributed by atoms with Crippen molar-refractivity contribution in [2.75, 3.05) is 13.1 Å². The van der Waals surface area contributed by atoms with E-state index in [1.165, 1.54) is 17.0 Å². The molecule has 0 bridgehead atoms. The molecule has 4 atom stereocenters. The lowest BCUT2D eigenvalue weighted by molar-refractivity contribution is -0.148. The summed E-state index contributed by atoms with van der Waals surface area (Å²) in [4.78, 5) is 66.8. The molecule has 1 aromatic rings. The summed E-state index contributed by atoms with van der Waals surface area (Å²) in [5.41, 5.74) is 17.2. The molecule has 0 spiro atoms. The van der Waals surface area contributed by atoms with Crippen LogP contribution in [0.25, 0.3) is 0 Å². The summed E-state index contributed by atoms with van der Waals surface area (Å²) in [6.45, 7) is 0.434. The van der Waals surface area contributed by atoms with E-state index in [2.05, 4.69) is 15.6 Å². The van der Waals surface area contributed by atoms with Gasteiger partial charge in [0.15, 0.2) is 5.96 Å². The van der Waals surface area contributed by atoms with E-state index in [4.69, 9.17) is 22.3 Å². The molecule has 15 heteroatoms. The van der Waals surface area contributed by atoms with Gasteiger partial charge >= 0.3 is 11.9 Å². The number of aromatic hydroxyl groups is 1. The summed E-state index contributed by atoms with van der Waals surface area (Å²) in [5.74, 6) is -5.01. The maximum atomic E-state index is 13.6. The zero-order chi connectivity index (χ0) is 29.1. The number of likely N-dealkylation sites (tertiary alicyclic amines) is 1. The number of guanidine groups is 1. The van der Waals surface area contributed by atoms with Gasteiger partial charge in [0.2, 0.25) is 17.7 Å². The molecule has 3 amide bonds. The first-order chi connectivity index (χ1) is 18.4. The van der Waals surface area contributed by atoms with Gasteiger partial charge in [-0.1, -0.05) is 12.1 Å². The Bertz CT molecular complexity index is 1070. The monoisotopic (exact) mass is 549 g/mol. The summed E-state index contributed by atoms with van der Waals surface area (Å²) in [7, 11) is 0. The standard InChI is InChI=1S/C24H35N7O8/c25-15(3-1-9-28-24(26)27)20(35)29-16(11-13-5-7-14(32)8-6-13)22(37)31-10-2-4-18(31)21(36)30-17(23(38)39)12-19(33)34/h5-8,15-18,32H,1-4,9-12,25H2,(H,29,35)(H,30,36)(H,33,34)(H,38,39)(H4,26,27,28). The minimum atomic E-state index is -1.67. The molecule has 0 aliphatic carbocycles. The zero-order valence-electron chi connectivity index (χ0n) is 21.3. The molecule has 0 radical (unpaired) electrons.